The first-order chi connectivity index (χ1) is 18.3. The van der Waals surface area contributed by atoms with Crippen molar-refractivity contribution in [3.63, 3.8) is 0 Å². The highest BCUT2D eigenvalue weighted by atomic mass is 16.1. The number of amides is 1. The molecule has 0 saturated carbocycles. The highest BCUT2D eigenvalue weighted by molar-refractivity contribution is 5.98. The van der Waals surface area contributed by atoms with Crippen molar-refractivity contribution < 1.29 is 4.79 Å². The topological polar surface area (TPSA) is 125 Å². The first kappa shape index (κ1) is 23.5. The van der Waals surface area contributed by atoms with Crippen LogP contribution >= 0.6 is 0 Å². The summed E-state index contributed by atoms with van der Waals surface area (Å²) in [6, 6.07) is 13.8. The molecule has 0 radical (unpaired) electrons. The van der Waals surface area contributed by atoms with Crippen molar-refractivity contribution in [2.45, 2.75) is 27.2 Å². The first-order valence-corrected chi connectivity index (χ1v) is 12.3. The summed E-state index contributed by atoms with van der Waals surface area (Å²) in [5.41, 5.74) is 7.36. The fourth-order valence-corrected chi connectivity index (χ4v) is 4.51. The molecule has 0 aliphatic heterocycles. The third kappa shape index (κ3) is 4.61. The maximum absolute atomic E-state index is 12.4. The average molecular weight is 503 g/mol. The van der Waals surface area contributed by atoms with Crippen LogP contribution in [0.2, 0.25) is 0 Å². The molecule has 0 aliphatic rings. The van der Waals surface area contributed by atoms with Gasteiger partial charge in [0.05, 0.1) is 22.9 Å². The Kier molecular flexibility index (Phi) is 5.68. The summed E-state index contributed by atoms with van der Waals surface area (Å²) < 4.78 is 0. The third-order valence-corrected chi connectivity index (χ3v) is 6.20. The molecule has 5 aromatic heterocycles. The van der Waals surface area contributed by atoms with Crippen LogP contribution in [0.3, 0.4) is 0 Å². The summed E-state index contributed by atoms with van der Waals surface area (Å²) in [6.07, 6.45) is 9.18. The molecule has 0 unspecified atom stereocenters. The lowest BCUT2D eigenvalue weighted by Crippen LogP contribution is -2.19. The maximum Gasteiger partial charge on any atom is 0.224 e. The van der Waals surface area contributed by atoms with Crippen molar-refractivity contribution in [3.8, 4) is 33.8 Å². The molecule has 0 aliphatic carbocycles. The van der Waals surface area contributed by atoms with Gasteiger partial charge in [-0.2, -0.15) is 5.10 Å². The van der Waals surface area contributed by atoms with Gasteiger partial charge in [-0.05, 0) is 41.3 Å². The number of nitrogens with zero attached hydrogens (tertiary/aromatic N) is 5. The van der Waals surface area contributed by atoms with Crippen LogP contribution in [0.4, 0.5) is 5.69 Å². The predicted molar refractivity (Wildman–Crippen MR) is 148 cm³/mol. The maximum atomic E-state index is 12.4. The summed E-state index contributed by atoms with van der Waals surface area (Å²) >= 11 is 0. The monoisotopic (exact) mass is 502 g/mol. The van der Waals surface area contributed by atoms with E-state index in [0.29, 0.717) is 29.3 Å². The zero-order valence-electron chi connectivity index (χ0n) is 21.3. The van der Waals surface area contributed by atoms with E-state index in [9.17, 15) is 4.79 Å². The van der Waals surface area contributed by atoms with Gasteiger partial charge in [0.25, 0.3) is 0 Å². The highest BCUT2D eigenvalue weighted by Crippen LogP contribution is 2.33. The Labute approximate surface area is 218 Å². The summed E-state index contributed by atoms with van der Waals surface area (Å²) in [7, 11) is 0. The molecule has 0 bridgehead atoms. The minimum atomic E-state index is -0.0945. The van der Waals surface area contributed by atoms with Crippen molar-refractivity contribution in [2.24, 2.45) is 5.41 Å². The number of anilines is 1. The molecule has 38 heavy (non-hydrogen) atoms. The van der Waals surface area contributed by atoms with E-state index in [1.807, 2.05) is 63.4 Å². The Hall–Kier alpha value is -4.92. The fraction of sp³-hybridized carbons (Fsp3) is 0.172. The van der Waals surface area contributed by atoms with Gasteiger partial charge in [-0.25, -0.2) is 9.97 Å². The number of carbonyl (C=O) groups is 1. The van der Waals surface area contributed by atoms with Crippen LogP contribution in [-0.2, 0) is 4.79 Å². The third-order valence-electron chi connectivity index (χ3n) is 6.20. The Morgan fingerprint density at radius 3 is 2.63 bits per heavy atom. The van der Waals surface area contributed by atoms with E-state index < -0.39 is 0 Å². The van der Waals surface area contributed by atoms with E-state index in [0.717, 1.165) is 38.7 Å². The lowest BCUT2D eigenvalue weighted by molar-refractivity contribution is -0.117. The molecule has 0 atom stereocenters. The number of fused-ring (bicyclic) bond motifs is 2. The number of hydrogen-bond donors (Lipinski definition) is 3. The quantitative estimate of drug-likeness (QED) is 0.265. The van der Waals surface area contributed by atoms with Crippen LogP contribution in [0.5, 0.6) is 0 Å². The second-order valence-electron chi connectivity index (χ2n) is 10.5. The highest BCUT2D eigenvalue weighted by Gasteiger charge is 2.18. The number of H-pyrrole nitrogens is 2. The Morgan fingerprint density at radius 2 is 1.82 bits per heavy atom. The number of aromatic nitrogens is 7. The lowest BCUT2D eigenvalue weighted by Gasteiger charge is -2.17. The van der Waals surface area contributed by atoms with Crippen molar-refractivity contribution in [1.29, 1.82) is 0 Å². The van der Waals surface area contributed by atoms with Crippen LogP contribution < -0.4 is 5.32 Å². The van der Waals surface area contributed by atoms with Crippen molar-refractivity contribution in [1.82, 2.24) is 35.1 Å². The van der Waals surface area contributed by atoms with Gasteiger partial charge in [-0.3, -0.25) is 19.9 Å². The number of carbonyl (C=O) groups excluding carboxylic acids is 1. The number of hydrogen-bond acceptors (Lipinski definition) is 6. The van der Waals surface area contributed by atoms with Gasteiger partial charge in [0, 0.05) is 53.3 Å². The molecule has 1 amide bonds. The molecular weight excluding hydrogens is 476 g/mol. The molecule has 1 aromatic carbocycles. The van der Waals surface area contributed by atoms with Crippen LogP contribution in [0, 0.1) is 5.41 Å². The SMILES string of the molecule is CC(C)(C)CC(=O)Nc1cncc(-c2ccc3[nH]nc(-c4nc5nccc(-c6cccnc6)c5[nH]4)c3c2)c1. The van der Waals surface area contributed by atoms with Gasteiger partial charge in [-0.1, -0.05) is 32.9 Å². The summed E-state index contributed by atoms with van der Waals surface area (Å²) in [5, 5.41) is 11.5. The number of benzene rings is 1. The van der Waals surface area contributed by atoms with Crippen LogP contribution in [0.15, 0.2) is 73.4 Å². The largest absolute Gasteiger partial charge is 0.335 e. The fourth-order valence-electron chi connectivity index (χ4n) is 4.51. The number of nitrogens with one attached hydrogen (secondary N) is 3. The van der Waals surface area contributed by atoms with Crippen LogP contribution in [0.25, 0.3) is 55.8 Å². The minimum absolute atomic E-state index is 0.0341. The molecule has 9 nitrogen and oxygen atoms in total. The van der Waals surface area contributed by atoms with E-state index >= 15 is 0 Å². The molecule has 0 spiro atoms. The standard InChI is InChI=1S/C29H26N8O/c1-29(2,3)13-24(38)33-20-11-19(15-31-16-20)17-6-7-23-22(12-17)26(37-36-23)28-34-25-21(8-10-32-27(25)35-28)18-5-4-9-30-14-18/h4-12,14-16H,13H2,1-3H3,(H,33,38)(H,36,37)(H,32,34,35). The van der Waals surface area contributed by atoms with Gasteiger partial charge < -0.3 is 10.3 Å². The molecule has 0 fully saturated rings. The van der Waals surface area contributed by atoms with Gasteiger partial charge in [-0.15, -0.1) is 0 Å². The average Bonchev–Trinajstić information content (AvgIpc) is 3.51. The molecule has 188 valence electrons. The second-order valence-corrected chi connectivity index (χ2v) is 10.5. The molecule has 6 rings (SSSR count). The number of imidazole rings is 1. The van der Waals surface area contributed by atoms with E-state index in [1.165, 1.54) is 0 Å². The van der Waals surface area contributed by atoms with Crippen LogP contribution in [0.1, 0.15) is 27.2 Å². The minimum Gasteiger partial charge on any atom is -0.335 e. The van der Waals surface area contributed by atoms with Gasteiger partial charge in [0.15, 0.2) is 11.5 Å². The van der Waals surface area contributed by atoms with Gasteiger partial charge >= 0.3 is 0 Å². The Morgan fingerprint density at radius 1 is 0.947 bits per heavy atom. The zero-order valence-corrected chi connectivity index (χ0v) is 21.3. The molecule has 3 N–H and O–H groups in total. The molecule has 5 heterocycles. The molecule has 0 saturated heterocycles. The van der Waals surface area contributed by atoms with E-state index in [1.54, 1.807) is 24.8 Å². The lowest BCUT2D eigenvalue weighted by atomic mass is 9.92. The van der Waals surface area contributed by atoms with Crippen molar-refractivity contribution in [2.75, 3.05) is 5.32 Å². The van der Waals surface area contributed by atoms with Gasteiger partial charge in [0.2, 0.25) is 5.91 Å². The smallest absolute Gasteiger partial charge is 0.224 e. The normalized spacial score (nSPS) is 11.8. The first-order valence-electron chi connectivity index (χ1n) is 12.3. The summed E-state index contributed by atoms with van der Waals surface area (Å²) in [6.45, 7) is 6.12. The van der Waals surface area contributed by atoms with Crippen LogP contribution in [-0.4, -0.2) is 41.0 Å². The molecule has 6 aromatic rings. The van der Waals surface area contributed by atoms with E-state index in [4.69, 9.17) is 4.98 Å². The Balaban J connectivity index is 1.36. The van der Waals surface area contributed by atoms with Crippen molar-refractivity contribution >= 4 is 33.7 Å². The number of aromatic amines is 2. The van der Waals surface area contributed by atoms with E-state index in [2.05, 4.69) is 41.5 Å². The van der Waals surface area contributed by atoms with Crippen molar-refractivity contribution in [3.05, 3.63) is 73.4 Å². The predicted octanol–water partition coefficient (Wildman–Crippen LogP) is 6.00. The molecule has 9 heteroatoms. The van der Waals surface area contributed by atoms with Gasteiger partial charge in [0.1, 0.15) is 5.69 Å². The summed E-state index contributed by atoms with van der Waals surface area (Å²) in [4.78, 5) is 33.7. The molecular formula is C29H26N8O. The number of pyridine rings is 3. The Bertz CT molecular complexity index is 1780. The second kappa shape index (κ2) is 9.19. The van der Waals surface area contributed by atoms with E-state index in [-0.39, 0.29) is 11.3 Å². The summed E-state index contributed by atoms with van der Waals surface area (Å²) in [5.74, 6) is 0.585. The number of rotatable bonds is 5. The zero-order chi connectivity index (χ0) is 26.3.